The van der Waals surface area contributed by atoms with Gasteiger partial charge in [0.15, 0.2) is 0 Å². The number of hydrogen-bond donors (Lipinski definition) is 0. The second kappa shape index (κ2) is 5.00. The van der Waals surface area contributed by atoms with Crippen molar-refractivity contribution in [3.8, 4) is 5.75 Å². The summed E-state index contributed by atoms with van der Waals surface area (Å²) in [5.74, 6) is 3.39. The van der Waals surface area contributed by atoms with E-state index in [4.69, 9.17) is 4.74 Å². The monoisotopic (exact) mass is 299 g/mol. The van der Waals surface area contributed by atoms with Crippen molar-refractivity contribution >= 4 is 11.6 Å². The second-order valence-electron chi connectivity index (χ2n) is 7.85. The zero-order valence-electron chi connectivity index (χ0n) is 13.5. The number of carbonyl (C=O) groups excluding carboxylic acids is 1. The zero-order chi connectivity index (χ0) is 15.3. The fraction of sp³-hybridized carbons (Fsp3) is 0.632. The molecule has 0 saturated heterocycles. The number of nitrogens with zero attached hydrogens (tertiary/aromatic N) is 1. The quantitative estimate of drug-likeness (QED) is 0.840. The molecule has 118 valence electrons. The first-order valence-electron chi connectivity index (χ1n) is 8.62. The van der Waals surface area contributed by atoms with Crippen molar-refractivity contribution in [2.24, 2.45) is 17.8 Å². The molecule has 2 aliphatic carbocycles. The summed E-state index contributed by atoms with van der Waals surface area (Å²) >= 11 is 0. The molecule has 0 unspecified atom stereocenters. The number of carbonyl (C=O) groups is 1. The fourth-order valence-electron chi connectivity index (χ4n) is 3.86. The van der Waals surface area contributed by atoms with E-state index in [1.54, 1.807) is 0 Å². The van der Waals surface area contributed by atoms with Gasteiger partial charge in [0, 0.05) is 6.42 Å². The Labute approximate surface area is 132 Å². The predicted octanol–water partition coefficient (Wildman–Crippen LogP) is 4.02. The van der Waals surface area contributed by atoms with Crippen molar-refractivity contribution in [3.05, 3.63) is 24.3 Å². The van der Waals surface area contributed by atoms with Gasteiger partial charge in [0.25, 0.3) is 0 Å². The maximum atomic E-state index is 13.0. The molecule has 1 aromatic carbocycles. The molecule has 1 heterocycles. The average Bonchev–Trinajstić information content (AvgIpc) is 3.36. The van der Waals surface area contributed by atoms with Gasteiger partial charge in [-0.05, 0) is 69.4 Å². The minimum atomic E-state index is -0.321. The van der Waals surface area contributed by atoms with E-state index in [1.807, 2.05) is 29.2 Å². The lowest BCUT2D eigenvalue weighted by atomic mass is 9.93. The highest BCUT2D eigenvalue weighted by atomic mass is 16.5. The molecule has 1 aromatic rings. The Bertz CT molecular complexity index is 575. The lowest BCUT2D eigenvalue weighted by molar-refractivity contribution is -0.120. The molecule has 0 N–H and O–H groups in total. The highest BCUT2D eigenvalue weighted by Crippen LogP contribution is 2.51. The number of para-hydroxylation sites is 2. The number of benzene rings is 1. The lowest BCUT2D eigenvalue weighted by Gasteiger charge is -2.40. The van der Waals surface area contributed by atoms with Gasteiger partial charge in [-0.1, -0.05) is 12.1 Å². The molecular formula is C19H25NO2. The Hall–Kier alpha value is -1.51. The molecule has 0 aromatic heterocycles. The molecule has 0 bridgehead atoms. The molecule has 2 fully saturated rings. The van der Waals surface area contributed by atoms with Crippen LogP contribution in [0.2, 0.25) is 0 Å². The van der Waals surface area contributed by atoms with Crippen molar-refractivity contribution in [1.82, 2.24) is 0 Å². The van der Waals surface area contributed by atoms with Crippen LogP contribution >= 0.6 is 0 Å². The SMILES string of the molecule is CC1(C)CN(C(=O)CC(C2CC2)C2CC2)c2ccccc2O1. The number of ether oxygens (including phenoxy) is 1. The molecule has 1 aliphatic heterocycles. The van der Waals surface area contributed by atoms with Gasteiger partial charge < -0.3 is 9.64 Å². The average molecular weight is 299 g/mol. The number of anilines is 1. The van der Waals surface area contributed by atoms with E-state index in [-0.39, 0.29) is 11.5 Å². The van der Waals surface area contributed by atoms with Crippen molar-refractivity contribution in [1.29, 1.82) is 0 Å². The summed E-state index contributed by atoms with van der Waals surface area (Å²) in [5.41, 5.74) is 0.621. The third kappa shape index (κ3) is 2.73. The summed E-state index contributed by atoms with van der Waals surface area (Å²) < 4.78 is 6.03. The first kappa shape index (κ1) is 14.1. The fourth-order valence-corrected chi connectivity index (χ4v) is 3.86. The molecule has 4 rings (SSSR count). The molecule has 0 atom stereocenters. The lowest BCUT2D eigenvalue weighted by Crippen LogP contribution is -2.49. The summed E-state index contributed by atoms with van der Waals surface area (Å²) in [6.07, 6.45) is 6.05. The Morgan fingerprint density at radius 3 is 2.50 bits per heavy atom. The number of amides is 1. The smallest absolute Gasteiger partial charge is 0.227 e. The van der Waals surface area contributed by atoms with Gasteiger partial charge >= 0.3 is 0 Å². The Morgan fingerprint density at radius 2 is 1.86 bits per heavy atom. The van der Waals surface area contributed by atoms with Crippen LogP contribution in [0.5, 0.6) is 5.75 Å². The molecule has 0 radical (unpaired) electrons. The standard InChI is InChI=1S/C19H25NO2/c1-19(2)12-20(16-5-3-4-6-17(16)22-19)18(21)11-15(13-7-8-13)14-9-10-14/h3-6,13-15H,7-12H2,1-2H3. The molecule has 3 heteroatoms. The van der Waals surface area contributed by atoms with Crippen LogP contribution in [0.3, 0.4) is 0 Å². The van der Waals surface area contributed by atoms with Crippen LogP contribution in [0.4, 0.5) is 5.69 Å². The van der Waals surface area contributed by atoms with Gasteiger partial charge in [-0.2, -0.15) is 0 Å². The van der Waals surface area contributed by atoms with Crippen LogP contribution in [0, 0.1) is 17.8 Å². The third-order valence-corrected chi connectivity index (χ3v) is 5.25. The maximum Gasteiger partial charge on any atom is 0.227 e. The van der Waals surface area contributed by atoms with Crippen LogP contribution < -0.4 is 9.64 Å². The van der Waals surface area contributed by atoms with Gasteiger partial charge in [-0.25, -0.2) is 0 Å². The first-order valence-corrected chi connectivity index (χ1v) is 8.62. The number of rotatable bonds is 4. The molecule has 1 amide bonds. The normalized spacial score (nSPS) is 23.1. The van der Waals surface area contributed by atoms with Crippen molar-refractivity contribution in [2.75, 3.05) is 11.4 Å². The second-order valence-corrected chi connectivity index (χ2v) is 7.85. The summed E-state index contributed by atoms with van der Waals surface area (Å²) in [5, 5.41) is 0. The van der Waals surface area contributed by atoms with Crippen LogP contribution in [-0.2, 0) is 4.79 Å². The topological polar surface area (TPSA) is 29.5 Å². The first-order chi connectivity index (χ1) is 10.5. The summed E-state index contributed by atoms with van der Waals surface area (Å²) in [4.78, 5) is 15.0. The van der Waals surface area contributed by atoms with E-state index in [0.29, 0.717) is 12.5 Å². The molecule has 2 saturated carbocycles. The van der Waals surface area contributed by atoms with Gasteiger partial charge in [-0.3, -0.25) is 4.79 Å². The number of hydrogen-bond acceptors (Lipinski definition) is 2. The third-order valence-electron chi connectivity index (χ3n) is 5.25. The minimum absolute atomic E-state index is 0.285. The zero-order valence-corrected chi connectivity index (χ0v) is 13.5. The van der Waals surface area contributed by atoms with E-state index in [0.717, 1.165) is 29.7 Å². The minimum Gasteiger partial charge on any atom is -0.484 e. The molecule has 0 spiro atoms. The van der Waals surface area contributed by atoms with Crippen molar-refractivity contribution in [2.45, 2.75) is 51.6 Å². The van der Waals surface area contributed by atoms with Crippen LogP contribution in [0.25, 0.3) is 0 Å². The summed E-state index contributed by atoms with van der Waals surface area (Å²) in [7, 11) is 0. The Balaban J connectivity index is 1.56. The molecule has 22 heavy (non-hydrogen) atoms. The molecule has 3 aliphatic rings. The van der Waals surface area contributed by atoms with E-state index < -0.39 is 0 Å². The van der Waals surface area contributed by atoms with Crippen LogP contribution in [0.15, 0.2) is 24.3 Å². The summed E-state index contributed by atoms with van der Waals surface area (Å²) in [6.45, 7) is 4.76. The van der Waals surface area contributed by atoms with Gasteiger partial charge in [0.2, 0.25) is 5.91 Å². The Morgan fingerprint density at radius 1 is 1.23 bits per heavy atom. The predicted molar refractivity (Wildman–Crippen MR) is 87.1 cm³/mol. The number of fused-ring (bicyclic) bond motifs is 1. The largest absolute Gasteiger partial charge is 0.484 e. The van der Waals surface area contributed by atoms with Gasteiger partial charge in [0.05, 0.1) is 12.2 Å². The highest BCUT2D eigenvalue weighted by Gasteiger charge is 2.44. The molecular weight excluding hydrogens is 274 g/mol. The van der Waals surface area contributed by atoms with Crippen LogP contribution in [-0.4, -0.2) is 18.1 Å². The molecule has 3 nitrogen and oxygen atoms in total. The van der Waals surface area contributed by atoms with E-state index in [9.17, 15) is 4.79 Å². The van der Waals surface area contributed by atoms with E-state index >= 15 is 0 Å². The maximum absolute atomic E-state index is 13.0. The van der Waals surface area contributed by atoms with Crippen molar-refractivity contribution in [3.63, 3.8) is 0 Å². The van der Waals surface area contributed by atoms with Gasteiger partial charge in [0.1, 0.15) is 11.4 Å². The van der Waals surface area contributed by atoms with Crippen molar-refractivity contribution < 1.29 is 9.53 Å². The van der Waals surface area contributed by atoms with E-state index in [2.05, 4.69) is 13.8 Å². The highest BCUT2D eigenvalue weighted by molar-refractivity contribution is 5.95. The van der Waals surface area contributed by atoms with Crippen LogP contribution in [0.1, 0.15) is 46.0 Å². The summed E-state index contributed by atoms with van der Waals surface area (Å²) in [6, 6.07) is 7.93. The van der Waals surface area contributed by atoms with Gasteiger partial charge in [-0.15, -0.1) is 0 Å². The van der Waals surface area contributed by atoms with E-state index in [1.165, 1.54) is 25.7 Å². The Kier molecular flexibility index (Phi) is 3.21.